The summed E-state index contributed by atoms with van der Waals surface area (Å²) >= 11 is 0. The maximum absolute atomic E-state index is 12.2. The molecule has 0 radical (unpaired) electrons. The lowest BCUT2D eigenvalue weighted by Crippen LogP contribution is -2.59. The van der Waals surface area contributed by atoms with Gasteiger partial charge in [-0.05, 0) is 39.0 Å². The number of carboxylic acids is 1. The van der Waals surface area contributed by atoms with Crippen LogP contribution < -0.4 is 5.32 Å². The second-order valence-corrected chi connectivity index (χ2v) is 6.69. The number of hydrogen-bond acceptors (Lipinski definition) is 3. The van der Waals surface area contributed by atoms with Crippen molar-refractivity contribution in [2.45, 2.75) is 65.5 Å². The van der Waals surface area contributed by atoms with Crippen LogP contribution in [-0.4, -0.2) is 32.3 Å². The third kappa shape index (κ3) is 3.15. The Morgan fingerprint density at radius 1 is 1.36 bits per heavy atom. The third-order valence-corrected chi connectivity index (χ3v) is 4.40. The lowest BCUT2D eigenvalue weighted by molar-refractivity contribution is -0.151. The molecule has 1 amide bonds. The summed E-state index contributed by atoms with van der Waals surface area (Å²) in [6.07, 6.45) is 2.05. The Kier molecular flexibility index (Phi) is 4.58. The summed E-state index contributed by atoms with van der Waals surface area (Å²) < 4.78 is 1.93. The highest BCUT2D eigenvalue weighted by Crippen LogP contribution is 2.32. The van der Waals surface area contributed by atoms with E-state index in [-0.39, 0.29) is 12.3 Å². The van der Waals surface area contributed by atoms with Crippen LogP contribution in [0, 0.1) is 19.8 Å². The zero-order valence-corrected chi connectivity index (χ0v) is 13.8. The van der Waals surface area contributed by atoms with E-state index < -0.39 is 11.5 Å². The first-order chi connectivity index (χ1) is 10.2. The largest absolute Gasteiger partial charge is 0.480 e. The molecule has 1 heterocycles. The summed E-state index contributed by atoms with van der Waals surface area (Å²) in [6.45, 7) is 8.91. The van der Waals surface area contributed by atoms with Gasteiger partial charge in [0.2, 0.25) is 5.91 Å². The van der Waals surface area contributed by atoms with Crippen LogP contribution in [0.15, 0.2) is 0 Å². The van der Waals surface area contributed by atoms with Crippen LogP contribution in [0.5, 0.6) is 0 Å². The molecule has 1 fully saturated rings. The van der Waals surface area contributed by atoms with Crippen molar-refractivity contribution in [2.75, 3.05) is 0 Å². The van der Waals surface area contributed by atoms with Crippen molar-refractivity contribution in [1.29, 1.82) is 0 Å². The van der Waals surface area contributed by atoms with E-state index in [0.29, 0.717) is 18.8 Å². The van der Waals surface area contributed by atoms with Crippen LogP contribution >= 0.6 is 0 Å². The molecule has 6 nitrogen and oxygen atoms in total. The fraction of sp³-hybridized carbons (Fsp3) is 0.688. The number of nitrogens with one attached hydrogen (secondary N) is 1. The summed E-state index contributed by atoms with van der Waals surface area (Å²) in [5.74, 6) is -0.696. The smallest absolute Gasteiger partial charge is 0.329 e. The monoisotopic (exact) mass is 307 g/mol. The number of carbonyl (C=O) groups excluding carboxylic acids is 1. The molecule has 0 spiro atoms. The van der Waals surface area contributed by atoms with Crippen molar-refractivity contribution in [3.05, 3.63) is 17.0 Å². The molecule has 2 N–H and O–H groups in total. The fourth-order valence-electron chi connectivity index (χ4n) is 2.91. The van der Waals surface area contributed by atoms with Gasteiger partial charge in [0, 0.05) is 17.8 Å². The number of aromatic nitrogens is 2. The van der Waals surface area contributed by atoms with Crippen molar-refractivity contribution >= 4 is 11.9 Å². The highest BCUT2D eigenvalue weighted by Gasteiger charge is 2.45. The Morgan fingerprint density at radius 2 is 2.00 bits per heavy atom. The molecule has 0 atom stereocenters. The Hall–Kier alpha value is -1.85. The molecule has 1 saturated carbocycles. The lowest BCUT2D eigenvalue weighted by atomic mass is 9.76. The average molecular weight is 307 g/mol. The van der Waals surface area contributed by atoms with Gasteiger partial charge < -0.3 is 10.4 Å². The highest BCUT2D eigenvalue weighted by molar-refractivity contribution is 5.88. The van der Waals surface area contributed by atoms with Crippen LogP contribution in [0.25, 0.3) is 0 Å². The summed E-state index contributed by atoms with van der Waals surface area (Å²) in [5, 5.41) is 16.5. The highest BCUT2D eigenvalue weighted by atomic mass is 16.4. The van der Waals surface area contributed by atoms with E-state index in [9.17, 15) is 14.7 Å². The molecule has 22 heavy (non-hydrogen) atoms. The van der Waals surface area contributed by atoms with Gasteiger partial charge in [-0.25, -0.2) is 4.79 Å². The average Bonchev–Trinajstić information content (AvgIpc) is 2.60. The predicted octanol–water partition coefficient (Wildman–Crippen LogP) is 1.82. The Labute approximate surface area is 130 Å². The van der Waals surface area contributed by atoms with Gasteiger partial charge in [0.15, 0.2) is 0 Å². The Balaban J connectivity index is 2.09. The number of carboxylic acid groups (broad SMARTS) is 1. The summed E-state index contributed by atoms with van der Waals surface area (Å²) in [6, 6.07) is 0. The Morgan fingerprint density at radius 3 is 2.45 bits per heavy atom. The summed E-state index contributed by atoms with van der Waals surface area (Å²) in [5.41, 5.74) is 1.68. The lowest BCUT2D eigenvalue weighted by Gasteiger charge is -2.38. The van der Waals surface area contributed by atoms with E-state index in [4.69, 9.17) is 0 Å². The molecule has 6 heteroatoms. The van der Waals surface area contributed by atoms with Crippen molar-refractivity contribution < 1.29 is 14.7 Å². The van der Waals surface area contributed by atoms with Crippen LogP contribution in [0.2, 0.25) is 0 Å². The van der Waals surface area contributed by atoms with Gasteiger partial charge in [0.25, 0.3) is 0 Å². The molecule has 0 unspecified atom stereocenters. The third-order valence-electron chi connectivity index (χ3n) is 4.40. The second-order valence-electron chi connectivity index (χ2n) is 6.69. The molecular formula is C16H25N3O3. The minimum absolute atomic E-state index is 0.185. The van der Waals surface area contributed by atoms with Gasteiger partial charge in [-0.3, -0.25) is 9.48 Å². The van der Waals surface area contributed by atoms with Crippen LogP contribution in [0.1, 0.15) is 50.1 Å². The number of nitrogens with zero attached hydrogens (tertiary/aromatic N) is 2. The van der Waals surface area contributed by atoms with Crippen molar-refractivity contribution in [2.24, 2.45) is 5.92 Å². The fourth-order valence-corrected chi connectivity index (χ4v) is 2.91. The number of amides is 1. The van der Waals surface area contributed by atoms with Gasteiger partial charge in [0.05, 0.1) is 12.1 Å². The molecule has 2 rings (SSSR count). The number of rotatable bonds is 6. The number of carbonyl (C=O) groups is 2. The first-order valence-electron chi connectivity index (χ1n) is 7.82. The minimum Gasteiger partial charge on any atom is -0.480 e. The first-order valence-corrected chi connectivity index (χ1v) is 7.82. The zero-order chi connectivity index (χ0) is 16.5. The SMILES string of the molecule is Cc1nn(CC(C)C)c(C)c1CC(=O)NC1(C(=O)O)CCC1. The van der Waals surface area contributed by atoms with Crippen LogP contribution in [-0.2, 0) is 22.6 Å². The number of aryl methyl sites for hydroxylation is 1. The molecule has 0 bridgehead atoms. The van der Waals surface area contributed by atoms with E-state index >= 15 is 0 Å². The molecule has 1 aliphatic rings. The van der Waals surface area contributed by atoms with Gasteiger partial charge in [-0.2, -0.15) is 5.10 Å². The van der Waals surface area contributed by atoms with Gasteiger partial charge in [0.1, 0.15) is 5.54 Å². The molecule has 0 aliphatic heterocycles. The first kappa shape index (κ1) is 16.5. The summed E-state index contributed by atoms with van der Waals surface area (Å²) in [7, 11) is 0. The maximum atomic E-state index is 12.2. The van der Waals surface area contributed by atoms with E-state index in [0.717, 1.165) is 29.9 Å². The molecule has 1 aromatic heterocycles. The molecule has 0 aromatic carbocycles. The number of aliphatic carboxylic acids is 1. The van der Waals surface area contributed by atoms with Crippen LogP contribution in [0.4, 0.5) is 0 Å². The van der Waals surface area contributed by atoms with Gasteiger partial charge >= 0.3 is 5.97 Å². The van der Waals surface area contributed by atoms with E-state index in [1.54, 1.807) is 0 Å². The van der Waals surface area contributed by atoms with E-state index in [1.165, 1.54) is 0 Å². The molecular weight excluding hydrogens is 282 g/mol. The molecule has 1 aliphatic carbocycles. The standard InChI is InChI=1S/C16H25N3O3/c1-10(2)9-19-12(4)13(11(3)18-19)8-14(20)17-16(15(21)22)6-5-7-16/h10H,5-9H2,1-4H3,(H,17,20)(H,21,22). The van der Waals surface area contributed by atoms with Crippen LogP contribution in [0.3, 0.4) is 0 Å². The molecule has 0 saturated heterocycles. The Bertz CT molecular complexity index is 586. The van der Waals surface area contributed by atoms with E-state index in [2.05, 4.69) is 24.3 Å². The quantitative estimate of drug-likeness (QED) is 0.839. The topological polar surface area (TPSA) is 84.2 Å². The van der Waals surface area contributed by atoms with Crippen molar-refractivity contribution in [3.63, 3.8) is 0 Å². The van der Waals surface area contributed by atoms with Crippen molar-refractivity contribution in [3.8, 4) is 0 Å². The molecule has 122 valence electrons. The summed E-state index contributed by atoms with van der Waals surface area (Å²) in [4.78, 5) is 23.6. The minimum atomic E-state index is -1.05. The van der Waals surface area contributed by atoms with Crippen molar-refractivity contribution in [1.82, 2.24) is 15.1 Å². The van der Waals surface area contributed by atoms with Gasteiger partial charge in [-0.1, -0.05) is 13.8 Å². The zero-order valence-electron chi connectivity index (χ0n) is 13.8. The number of hydrogen-bond donors (Lipinski definition) is 2. The predicted molar refractivity (Wildman–Crippen MR) is 82.6 cm³/mol. The second kappa shape index (κ2) is 6.10. The van der Waals surface area contributed by atoms with E-state index in [1.807, 2.05) is 18.5 Å². The maximum Gasteiger partial charge on any atom is 0.329 e. The molecule has 1 aromatic rings. The van der Waals surface area contributed by atoms with Gasteiger partial charge in [-0.15, -0.1) is 0 Å². The normalized spacial score (nSPS) is 16.4.